The van der Waals surface area contributed by atoms with Crippen molar-refractivity contribution < 1.29 is 12.8 Å². The van der Waals surface area contributed by atoms with E-state index in [2.05, 4.69) is 14.8 Å². The van der Waals surface area contributed by atoms with E-state index in [9.17, 15) is 13.2 Å². The highest BCUT2D eigenvalue weighted by Gasteiger charge is 2.26. The van der Waals surface area contributed by atoms with Gasteiger partial charge >= 0.3 is 0 Å². The first-order valence-electron chi connectivity index (χ1n) is 11.3. The van der Waals surface area contributed by atoms with E-state index in [0.29, 0.717) is 28.7 Å². The van der Waals surface area contributed by atoms with E-state index >= 15 is 4.39 Å². The van der Waals surface area contributed by atoms with Crippen LogP contribution in [0.3, 0.4) is 0 Å². The van der Waals surface area contributed by atoms with Crippen molar-refractivity contribution in [2.45, 2.75) is 37.4 Å². The van der Waals surface area contributed by atoms with Crippen molar-refractivity contribution >= 4 is 43.9 Å². The Kier molecular flexibility index (Phi) is 7.54. The standard InChI is InChI=1S/C24H27Cl2FN4O3S/c1-4-35(33,34)21-6-5-16(25)9-15(21)11-31-14-28-23-18(24(31)32)10-20(27)19(22(23)26)13-30-8-7-17(12-30)29(2)3/h5-6,9-10,14,17H,4,7-8,11-13H2,1-3H3/t17-/m1/s1. The second-order valence-electron chi connectivity index (χ2n) is 9.02. The second kappa shape index (κ2) is 10.1. The zero-order chi connectivity index (χ0) is 25.5. The van der Waals surface area contributed by atoms with Gasteiger partial charge in [0.1, 0.15) is 5.82 Å². The Balaban J connectivity index is 1.70. The van der Waals surface area contributed by atoms with Crippen LogP contribution in [0.1, 0.15) is 24.5 Å². The van der Waals surface area contributed by atoms with E-state index in [1.165, 1.54) is 35.2 Å². The summed E-state index contributed by atoms with van der Waals surface area (Å²) in [7, 11) is 0.505. The highest BCUT2D eigenvalue weighted by molar-refractivity contribution is 7.91. The third-order valence-corrected chi connectivity index (χ3v) is 9.01. The molecule has 11 heteroatoms. The van der Waals surface area contributed by atoms with Crippen molar-refractivity contribution in [1.82, 2.24) is 19.4 Å². The molecule has 0 amide bonds. The van der Waals surface area contributed by atoms with Gasteiger partial charge in [-0.3, -0.25) is 14.3 Å². The molecule has 1 aliphatic rings. The molecular formula is C24H27Cl2FN4O3S. The lowest BCUT2D eigenvalue weighted by molar-refractivity contribution is 0.263. The average Bonchev–Trinajstić information content (AvgIpc) is 3.28. The Morgan fingerprint density at radius 1 is 1.20 bits per heavy atom. The van der Waals surface area contributed by atoms with Crippen LogP contribution in [0, 0.1) is 5.82 Å². The molecule has 0 spiro atoms. The van der Waals surface area contributed by atoms with Crippen molar-refractivity contribution in [3.63, 3.8) is 0 Å². The van der Waals surface area contributed by atoms with E-state index < -0.39 is 21.2 Å². The van der Waals surface area contributed by atoms with Crippen LogP contribution in [0.15, 0.2) is 40.3 Å². The van der Waals surface area contributed by atoms with Crippen LogP contribution in [0.25, 0.3) is 10.9 Å². The Morgan fingerprint density at radius 3 is 2.60 bits per heavy atom. The molecule has 188 valence electrons. The molecule has 1 aromatic heterocycles. The van der Waals surface area contributed by atoms with E-state index in [1.54, 1.807) is 6.92 Å². The van der Waals surface area contributed by atoms with Gasteiger partial charge in [0.25, 0.3) is 5.56 Å². The predicted octanol–water partition coefficient (Wildman–Crippen LogP) is 3.82. The number of fused-ring (bicyclic) bond motifs is 1. The van der Waals surface area contributed by atoms with Crippen LogP contribution in [-0.2, 0) is 22.9 Å². The molecule has 1 aliphatic heterocycles. The van der Waals surface area contributed by atoms with E-state index in [1.807, 2.05) is 14.1 Å². The summed E-state index contributed by atoms with van der Waals surface area (Å²) in [6.07, 6.45) is 2.29. The summed E-state index contributed by atoms with van der Waals surface area (Å²) in [6.45, 7) is 3.42. The summed E-state index contributed by atoms with van der Waals surface area (Å²) < 4.78 is 41.4. The number of likely N-dealkylation sites (tertiary alicyclic amines) is 1. The van der Waals surface area contributed by atoms with Gasteiger partial charge in [-0.2, -0.15) is 0 Å². The van der Waals surface area contributed by atoms with Crippen molar-refractivity contribution in [3.05, 3.63) is 67.9 Å². The molecule has 35 heavy (non-hydrogen) atoms. The normalized spacial score (nSPS) is 17.1. The second-order valence-corrected chi connectivity index (χ2v) is 12.1. The molecule has 1 fully saturated rings. The Bertz CT molecular complexity index is 1440. The monoisotopic (exact) mass is 540 g/mol. The fraction of sp³-hybridized carbons (Fsp3) is 0.417. The van der Waals surface area contributed by atoms with Crippen molar-refractivity contribution in [2.75, 3.05) is 32.9 Å². The number of hydrogen-bond donors (Lipinski definition) is 0. The van der Waals surface area contributed by atoms with E-state index in [-0.39, 0.29) is 33.1 Å². The minimum Gasteiger partial charge on any atom is -0.305 e. The molecule has 2 aromatic carbocycles. The fourth-order valence-electron chi connectivity index (χ4n) is 4.44. The highest BCUT2D eigenvalue weighted by Crippen LogP contribution is 2.29. The molecule has 0 N–H and O–H groups in total. The summed E-state index contributed by atoms with van der Waals surface area (Å²) in [6, 6.07) is 6.00. The topological polar surface area (TPSA) is 75.5 Å². The number of sulfone groups is 1. The van der Waals surface area contributed by atoms with E-state index in [0.717, 1.165) is 19.5 Å². The molecule has 4 rings (SSSR count). The van der Waals surface area contributed by atoms with Gasteiger partial charge < -0.3 is 4.90 Å². The maximum Gasteiger partial charge on any atom is 0.261 e. The van der Waals surface area contributed by atoms with Crippen molar-refractivity contribution in [2.24, 2.45) is 0 Å². The van der Waals surface area contributed by atoms with Crippen LogP contribution >= 0.6 is 23.2 Å². The number of aromatic nitrogens is 2. The third kappa shape index (κ3) is 5.24. The van der Waals surface area contributed by atoms with Gasteiger partial charge in [0, 0.05) is 36.3 Å². The Morgan fingerprint density at radius 2 is 1.94 bits per heavy atom. The minimum atomic E-state index is -3.54. The first kappa shape index (κ1) is 26.0. The lowest BCUT2D eigenvalue weighted by atomic mass is 10.1. The largest absolute Gasteiger partial charge is 0.305 e. The molecule has 3 aromatic rings. The van der Waals surface area contributed by atoms with Crippen molar-refractivity contribution in [3.8, 4) is 0 Å². The van der Waals surface area contributed by atoms with Gasteiger partial charge in [-0.25, -0.2) is 17.8 Å². The number of nitrogens with zero attached hydrogens (tertiary/aromatic N) is 4. The lowest BCUT2D eigenvalue weighted by Crippen LogP contribution is -2.31. The first-order valence-corrected chi connectivity index (χ1v) is 13.7. The molecule has 0 bridgehead atoms. The molecular weight excluding hydrogens is 514 g/mol. The van der Waals surface area contributed by atoms with Crippen LogP contribution < -0.4 is 5.56 Å². The molecule has 0 unspecified atom stereocenters. The predicted molar refractivity (Wildman–Crippen MR) is 137 cm³/mol. The first-order chi connectivity index (χ1) is 16.5. The molecule has 1 saturated heterocycles. The van der Waals surface area contributed by atoms with Gasteiger partial charge in [0.2, 0.25) is 0 Å². The summed E-state index contributed by atoms with van der Waals surface area (Å²) in [5, 5.41) is 0.497. The zero-order valence-electron chi connectivity index (χ0n) is 19.8. The maximum atomic E-state index is 15.2. The zero-order valence-corrected chi connectivity index (χ0v) is 22.1. The van der Waals surface area contributed by atoms with Crippen LogP contribution in [0.4, 0.5) is 4.39 Å². The summed E-state index contributed by atoms with van der Waals surface area (Å²) in [5.41, 5.74) is 0.376. The number of likely N-dealkylation sites (N-methyl/N-ethyl adjacent to an activating group) is 1. The number of halogens is 3. The van der Waals surface area contributed by atoms with Gasteiger partial charge in [-0.15, -0.1) is 0 Å². The molecule has 0 aliphatic carbocycles. The van der Waals surface area contributed by atoms with Gasteiger partial charge in [-0.1, -0.05) is 30.1 Å². The van der Waals surface area contributed by atoms with E-state index in [4.69, 9.17) is 23.2 Å². The highest BCUT2D eigenvalue weighted by atomic mass is 35.5. The minimum absolute atomic E-state index is 0.0354. The average molecular weight is 541 g/mol. The molecule has 0 radical (unpaired) electrons. The Hall–Kier alpha value is -2.04. The molecule has 0 saturated carbocycles. The summed E-state index contributed by atoms with van der Waals surface area (Å²) >= 11 is 12.6. The number of rotatable bonds is 7. The molecule has 7 nitrogen and oxygen atoms in total. The summed E-state index contributed by atoms with van der Waals surface area (Å²) in [4.78, 5) is 22.0. The van der Waals surface area contributed by atoms with Gasteiger partial charge in [0.15, 0.2) is 9.84 Å². The molecule has 2 heterocycles. The SMILES string of the molecule is CCS(=O)(=O)c1ccc(Cl)cc1Cn1cnc2c(Cl)c(CN3CC[C@@H](N(C)C)C3)c(F)cc2c1=O. The molecule has 1 atom stereocenters. The quantitative estimate of drug-likeness (QED) is 0.453. The van der Waals surface area contributed by atoms with Gasteiger partial charge in [0.05, 0.1) is 39.4 Å². The maximum absolute atomic E-state index is 15.2. The third-order valence-electron chi connectivity index (χ3n) is 6.54. The van der Waals surface area contributed by atoms with Crippen molar-refractivity contribution in [1.29, 1.82) is 0 Å². The number of hydrogen-bond acceptors (Lipinski definition) is 6. The van der Waals surface area contributed by atoms with Crippen LogP contribution in [-0.4, -0.2) is 66.7 Å². The smallest absolute Gasteiger partial charge is 0.261 e. The van der Waals surface area contributed by atoms with Gasteiger partial charge in [-0.05, 0) is 50.3 Å². The summed E-state index contributed by atoms with van der Waals surface area (Å²) in [5.74, 6) is -0.660. The van der Waals surface area contributed by atoms with Crippen LogP contribution in [0.2, 0.25) is 10.0 Å². The fourth-order valence-corrected chi connectivity index (χ4v) is 6.05. The Labute approximate surface area is 214 Å². The van der Waals surface area contributed by atoms with Crippen LogP contribution in [0.5, 0.6) is 0 Å². The lowest BCUT2D eigenvalue weighted by Gasteiger charge is -2.21. The number of benzene rings is 2.